The number of rotatable bonds is 1. The summed E-state index contributed by atoms with van der Waals surface area (Å²) in [6.07, 6.45) is -3.05. The summed E-state index contributed by atoms with van der Waals surface area (Å²) in [6, 6.07) is 3.62. The first-order chi connectivity index (χ1) is 8.80. The first kappa shape index (κ1) is 13.9. The van der Waals surface area contributed by atoms with E-state index in [2.05, 4.69) is 0 Å². The van der Waals surface area contributed by atoms with Crippen molar-refractivity contribution in [2.75, 3.05) is 11.4 Å². The third-order valence-electron chi connectivity index (χ3n) is 3.29. The van der Waals surface area contributed by atoms with Gasteiger partial charge in [0.15, 0.2) is 0 Å². The number of hydrogen-bond acceptors (Lipinski definition) is 1. The molecule has 5 heteroatoms. The van der Waals surface area contributed by atoms with Gasteiger partial charge in [-0.2, -0.15) is 13.2 Å². The van der Waals surface area contributed by atoms with Gasteiger partial charge in [-0.1, -0.05) is 13.8 Å². The highest BCUT2D eigenvalue weighted by atomic mass is 19.4. The summed E-state index contributed by atoms with van der Waals surface area (Å²) in [4.78, 5) is 13.6. The van der Waals surface area contributed by atoms with Crippen LogP contribution >= 0.6 is 0 Å². The van der Waals surface area contributed by atoms with Crippen molar-refractivity contribution in [3.05, 3.63) is 29.3 Å². The van der Waals surface area contributed by atoms with E-state index < -0.39 is 11.7 Å². The van der Waals surface area contributed by atoms with Crippen molar-refractivity contribution >= 4 is 11.6 Å². The van der Waals surface area contributed by atoms with Gasteiger partial charge in [0.2, 0.25) is 5.91 Å². The first-order valence-corrected chi connectivity index (χ1v) is 6.32. The van der Waals surface area contributed by atoms with E-state index in [9.17, 15) is 18.0 Å². The third kappa shape index (κ3) is 2.74. The maximum absolute atomic E-state index is 12.7. The van der Waals surface area contributed by atoms with Crippen LogP contribution in [0.2, 0.25) is 0 Å². The molecule has 1 aliphatic rings. The van der Waals surface area contributed by atoms with E-state index in [0.29, 0.717) is 30.6 Å². The molecule has 0 fully saturated rings. The van der Waals surface area contributed by atoms with Crippen molar-refractivity contribution in [1.82, 2.24) is 0 Å². The third-order valence-corrected chi connectivity index (χ3v) is 3.29. The molecule has 2 nitrogen and oxygen atoms in total. The fourth-order valence-electron chi connectivity index (χ4n) is 2.31. The van der Waals surface area contributed by atoms with Gasteiger partial charge in [-0.15, -0.1) is 0 Å². The van der Waals surface area contributed by atoms with Gasteiger partial charge in [0.25, 0.3) is 0 Å². The van der Waals surface area contributed by atoms with Crippen LogP contribution in [0.5, 0.6) is 0 Å². The number of fused-ring (bicyclic) bond motifs is 1. The summed E-state index contributed by atoms with van der Waals surface area (Å²) in [7, 11) is 0. The molecule has 1 heterocycles. The first-order valence-electron chi connectivity index (χ1n) is 6.32. The van der Waals surface area contributed by atoms with Crippen molar-refractivity contribution in [1.29, 1.82) is 0 Å². The van der Waals surface area contributed by atoms with Crippen LogP contribution in [0.25, 0.3) is 0 Å². The van der Waals surface area contributed by atoms with E-state index in [1.807, 2.05) is 0 Å². The van der Waals surface area contributed by atoms with E-state index >= 15 is 0 Å². The van der Waals surface area contributed by atoms with E-state index in [-0.39, 0.29) is 11.8 Å². The van der Waals surface area contributed by atoms with E-state index in [1.54, 1.807) is 18.7 Å². The van der Waals surface area contributed by atoms with Crippen LogP contribution in [0.3, 0.4) is 0 Å². The lowest BCUT2D eigenvalue weighted by molar-refractivity contribution is -0.137. The quantitative estimate of drug-likeness (QED) is 0.763. The maximum atomic E-state index is 12.7. The number of benzene rings is 1. The minimum atomic E-state index is -4.33. The molecule has 0 saturated heterocycles. The number of hydrogen-bond donors (Lipinski definition) is 0. The molecule has 0 radical (unpaired) electrons. The normalized spacial score (nSPS) is 15.6. The Balaban J connectivity index is 2.39. The number of nitrogens with zero attached hydrogens (tertiary/aromatic N) is 1. The monoisotopic (exact) mass is 271 g/mol. The van der Waals surface area contributed by atoms with Crippen LogP contribution in [-0.4, -0.2) is 12.5 Å². The Hall–Kier alpha value is -1.52. The zero-order valence-electron chi connectivity index (χ0n) is 10.9. The number of halogens is 3. The van der Waals surface area contributed by atoms with Crippen LogP contribution in [-0.2, 0) is 17.4 Å². The summed E-state index contributed by atoms with van der Waals surface area (Å²) >= 11 is 0. The molecule has 0 aromatic heterocycles. The van der Waals surface area contributed by atoms with E-state index in [4.69, 9.17) is 0 Å². The van der Waals surface area contributed by atoms with Crippen LogP contribution < -0.4 is 4.90 Å². The van der Waals surface area contributed by atoms with Crippen LogP contribution in [0.4, 0.5) is 18.9 Å². The molecule has 1 aromatic carbocycles. The Morgan fingerprint density at radius 3 is 2.58 bits per heavy atom. The molecule has 0 bridgehead atoms. The van der Waals surface area contributed by atoms with Crippen molar-refractivity contribution in [2.45, 2.75) is 32.9 Å². The molecule has 0 N–H and O–H groups in total. The maximum Gasteiger partial charge on any atom is 0.416 e. The largest absolute Gasteiger partial charge is 0.416 e. The Morgan fingerprint density at radius 1 is 1.32 bits per heavy atom. The minimum absolute atomic E-state index is 0.0410. The minimum Gasteiger partial charge on any atom is -0.312 e. The van der Waals surface area contributed by atoms with Crippen molar-refractivity contribution in [3.63, 3.8) is 0 Å². The number of amides is 1. The average molecular weight is 271 g/mol. The zero-order valence-corrected chi connectivity index (χ0v) is 10.9. The fraction of sp³-hybridized carbons (Fsp3) is 0.500. The number of carbonyl (C=O) groups excluding carboxylic acids is 1. The molecule has 2 rings (SSSR count). The van der Waals surface area contributed by atoms with Gasteiger partial charge in [0.1, 0.15) is 0 Å². The Morgan fingerprint density at radius 2 is 2.00 bits per heavy atom. The van der Waals surface area contributed by atoms with Gasteiger partial charge in [-0.25, -0.2) is 0 Å². The second-order valence-electron chi connectivity index (χ2n) is 5.09. The lowest BCUT2D eigenvalue weighted by atomic mass is 9.98. The van der Waals surface area contributed by atoms with Crippen LogP contribution in [0, 0.1) is 5.92 Å². The van der Waals surface area contributed by atoms with Gasteiger partial charge < -0.3 is 4.90 Å². The predicted octanol–water partition coefficient (Wildman–Crippen LogP) is 3.64. The highest BCUT2D eigenvalue weighted by Crippen LogP contribution is 2.35. The van der Waals surface area contributed by atoms with Gasteiger partial charge >= 0.3 is 6.18 Å². The average Bonchev–Trinajstić information content (AvgIpc) is 2.35. The van der Waals surface area contributed by atoms with Gasteiger partial charge in [-0.3, -0.25) is 4.79 Å². The molecule has 1 amide bonds. The molecule has 1 aliphatic heterocycles. The number of aryl methyl sites for hydroxylation is 1. The standard InChI is InChI=1S/C14H16F3NO/c1-9(2)13(19)18-7-3-4-10-8-11(14(15,16)17)5-6-12(10)18/h5-6,8-9H,3-4,7H2,1-2H3. The Bertz CT molecular complexity index is 494. The summed E-state index contributed by atoms with van der Waals surface area (Å²) in [5, 5.41) is 0. The highest BCUT2D eigenvalue weighted by molar-refractivity contribution is 5.95. The molecule has 0 saturated carbocycles. The lowest BCUT2D eigenvalue weighted by Crippen LogP contribution is -2.38. The van der Waals surface area contributed by atoms with E-state index in [0.717, 1.165) is 12.1 Å². The summed E-state index contributed by atoms with van der Waals surface area (Å²) in [5.41, 5.74) is 0.582. The van der Waals surface area contributed by atoms with Gasteiger partial charge in [0, 0.05) is 18.2 Å². The number of carbonyl (C=O) groups is 1. The Kier molecular flexibility index (Phi) is 3.56. The smallest absolute Gasteiger partial charge is 0.312 e. The molecule has 1 aromatic rings. The van der Waals surface area contributed by atoms with E-state index in [1.165, 1.54) is 6.07 Å². The molecule has 0 atom stereocenters. The van der Waals surface area contributed by atoms with Crippen LogP contribution in [0.15, 0.2) is 18.2 Å². The van der Waals surface area contributed by atoms with Crippen molar-refractivity contribution < 1.29 is 18.0 Å². The van der Waals surface area contributed by atoms with Gasteiger partial charge in [0.05, 0.1) is 5.56 Å². The number of anilines is 1. The second-order valence-corrected chi connectivity index (χ2v) is 5.09. The predicted molar refractivity (Wildman–Crippen MR) is 67.0 cm³/mol. The zero-order chi connectivity index (χ0) is 14.2. The SMILES string of the molecule is CC(C)C(=O)N1CCCc2cc(C(F)(F)F)ccc21. The molecule has 0 aliphatic carbocycles. The summed E-state index contributed by atoms with van der Waals surface area (Å²) in [5.74, 6) is -0.200. The molecule has 0 spiro atoms. The lowest BCUT2D eigenvalue weighted by Gasteiger charge is -2.31. The van der Waals surface area contributed by atoms with Gasteiger partial charge in [-0.05, 0) is 36.6 Å². The fourth-order valence-corrected chi connectivity index (χ4v) is 2.31. The topological polar surface area (TPSA) is 20.3 Å². The second kappa shape index (κ2) is 4.87. The molecular formula is C14H16F3NO. The number of alkyl halides is 3. The summed E-state index contributed by atoms with van der Waals surface area (Å²) in [6.45, 7) is 4.16. The summed E-state index contributed by atoms with van der Waals surface area (Å²) < 4.78 is 38.0. The highest BCUT2D eigenvalue weighted by Gasteiger charge is 2.32. The molecular weight excluding hydrogens is 255 g/mol. The Labute approximate surface area is 110 Å². The van der Waals surface area contributed by atoms with Crippen molar-refractivity contribution in [3.8, 4) is 0 Å². The van der Waals surface area contributed by atoms with Crippen LogP contribution in [0.1, 0.15) is 31.4 Å². The molecule has 19 heavy (non-hydrogen) atoms. The molecule has 104 valence electrons. The molecule has 0 unspecified atom stereocenters. The van der Waals surface area contributed by atoms with Crippen molar-refractivity contribution in [2.24, 2.45) is 5.92 Å².